The van der Waals surface area contributed by atoms with Gasteiger partial charge in [0.2, 0.25) is 0 Å². The fourth-order valence-electron chi connectivity index (χ4n) is 2.32. The Balaban J connectivity index is 2.57. The zero-order valence-electron chi connectivity index (χ0n) is 13.2. The molecule has 0 atom stereocenters. The van der Waals surface area contributed by atoms with Crippen LogP contribution in [0.4, 0.5) is 4.79 Å². The topological polar surface area (TPSA) is 26.3 Å². The van der Waals surface area contributed by atoms with Crippen LogP contribution in [0.2, 0.25) is 0 Å². The van der Waals surface area contributed by atoms with Gasteiger partial charge in [0.15, 0.2) is 0 Å². The summed E-state index contributed by atoms with van der Waals surface area (Å²) in [6, 6.07) is 20.0. The van der Waals surface area contributed by atoms with Gasteiger partial charge in [0, 0.05) is 0 Å². The van der Waals surface area contributed by atoms with Gasteiger partial charge in [0.05, 0.1) is 0 Å². The molecule has 0 spiro atoms. The van der Waals surface area contributed by atoms with Crippen LogP contribution in [0.5, 0.6) is 0 Å². The Kier molecular flexibility index (Phi) is 5.29. The van der Waals surface area contributed by atoms with Crippen LogP contribution in [-0.4, -0.2) is 19.0 Å². The third kappa shape index (κ3) is 3.21. The molecule has 0 aromatic heterocycles. The molecule has 0 aliphatic carbocycles. The molecule has 0 saturated heterocycles. The van der Waals surface area contributed by atoms with Crippen molar-refractivity contribution in [2.45, 2.75) is 13.8 Å². The summed E-state index contributed by atoms with van der Waals surface area (Å²) in [5.41, 5.74) is -0.0994. The standard InChI is InChI=1S/C18H22IO2P/c1-15(2)14-21-18(20)22(3,19,16-10-6-4-7-11-16)17-12-8-5-9-13-17/h4-13,15H,14H2,1-3H3. The minimum atomic E-state index is -3.06. The molecule has 0 amide bonds. The maximum absolute atomic E-state index is 13.1. The predicted octanol–water partition coefficient (Wildman–Crippen LogP) is 4.96. The summed E-state index contributed by atoms with van der Waals surface area (Å²) in [5.74, 6) is 0.326. The molecule has 0 saturated carbocycles. The van der Waals surface area contributed by atoms with Gasteiger partial charge < -0.3 is 0 Å². The van der Waals surface area contributed by atoms with E-state index in [0.717, 1.165) is 10.6 Å². The monoisotopic (exact) mass is 428 g/mol. The molecule has 0 fully saturated rings. The van der Waals surface area contributed by atoms with Gasteiger partial charge >= 0.3 is 146 Å². The molecule has 0 aliphatic heterocycles. The number of benzene rings is 2. The van der Waals surface area contributed by atoms with Crippen LogP contribution in [0.15, 0.2) is 60.7 Å². The molecule has 2 rings (SSSR count). The number of carbonyl (C=O) groups excluding carboxylic acids is 1. The number of rotatable bonds is 5. The first-order valence-corrected chi connectivity index (χ1v) is 12.8. The quantitative estimate of drug-likeness (QED) is 0.497. The van der Waals surface area contributed by atoms with Gasteiger partial charge in [-0.05, 0) is 0 Å². The van der Waals surface area contributed by atoms with Gasteiger partial charge in [-0.15, -0.1) is 0 Å². The van der Waals surface area contributed by atoms with Crippen molar-refractivity contribution in [3.8, 4) is 0 Å². The van der Waals surface area contributed by atoms with Gasteiger partial charge in [-0.2, -0.15) is 0 Å². The molecular formula is C18H22IO2P. The maximum atomic E-state index is 13.1. The molecule has 2 aromatic carbocycles. The average molecular weight is 428 g/mol. The van der Waals surface area contributed by atoms with Crippen molar-refractivity contribution < 1.29 is 9.53 Å². The van der Waals surface area contributed by atoms with Crippen molar-refractivity contribution >= 4 is 42.6 Å². The van der Waals surface area contributed by atoms with E-state index >= 15 is 0 Å². The van der Waals surface area contributed by atoms with Crippen LogP contribution >= 0.6 is 26.3 Å². The Morgan fingerprint density at radius 2 is 1.41 bits per heavy atom. The first-order chi connectivity index (χ1) is 10.4. The zero-order chi connectivity index (χ0) is 16.2. The van der Waals surface area contributed by atoms with E-state index in [0.29, 0.717) is 12.5 Å². The first kappa shape index (κ1) is 17.4. The summed E-state index contributed by atoms with van der Waals surface area (Å²) in [6.07, 6.45) is 0. The summed E-state index contributed by atoms with van der Waals surface area (Å²) in [6.45, 7) is 6.62. The van der Waals surface area contributed by atoms with Crippen LogP contribution in [0, 0.1) is 5.92 Å². The molecular weight excluding hydrogens is 406 g/mol. The van der Waals surface area contributed by atoms with E-state index in [1.165, 1.54) is 0 Å². The minimum absolute atomic E-state index is 0.0994. The fourth-order valence-corrected chi connectivity index (χ4v) is 7.53. The molecule has 0 heterocycles. The summed E-state index contributed by atoms with van der Waals surface area (Å²) in [7, 11) is 0. The molecule has 0 unspecified atom stereocenters. The average Bonchev–Trinajstić information content (AvgIpc) is 2.54. The second kappa shape index (κ2) is 6.67. The van der Waals surface area contributed by atoms with Gasteiger partial charge in [-0.1, -0.05) is 0 Å². The molecule has 22 heavy (non-hydrogen) atoms. The first-order valence-electron chi connectivity index (χ1n) is 7.37. The van der Waals surface area contributed by atoms with Gasteiger partial charge in [-0.25, -0.2) is 0 Å². The van der Waals surface area contributed by atoms with E-state index in [-0.39, 0.29) is 5.71 Å². The Hall–Kier alpha value is -0.930. The normalized spacial score (nSPS) is 13.4. The molecule has 2 nitrogen and oxygen atoms in total. The van der Waals surface area contributed by atoms with Crippen molar-refractivity contribution in [3.05, 3.63) is 60.7 Å². The zero-order valence-corrected chi connectivity index (χ0v) is 16.3. The van der Waals surface area contributed by atoms with Crippen LogP contribution in [0.25, 0.3) is 0 Å². The SMILES string of the molecule is CC(C)COC(=O)P(C)(I)(c1ccccc1)c1ccccc1. The van der Waals surface area contributed by atoms with Crippen molar-refractivity contribution in [2.24, 2.45) is 5.92 Å². The summed E-state index contributed by atoms with van der Waals surface area (Å²) < 4.78 is 2.63. The predicted molar refractivity (Wildman–Crippen MR) is 105 cm³/mol. The van der Waals surface area contributed by atoms with E-state index in [4.69, 9.17) is 4.74 Å². The van der Waals surface area contributed by atoms with Crippen LogP contribution < -0.4 is 10.6 Å². The van der Waals surface area contributed by atoms with Crippen LogP contribution in [0.3, 0.4) is 0 Å². The number of carbonyl (C=O) groups is 1. The van der Waals surface area contributed by atoms with E-state index < -0.39 is 4.25 Å². The molecule has 0 radical (unpaired) electrons. The molecule has 2 aromatic rings. The van der Waals surface area contributed by atoms with E-state index in [2.05, 4.69) is 42.6 Å². The van der Waals surface area contributed by atoms with E-state index in [1.807, 2.05) is 60.7 Å². The Morgan fingerprint density at radius 1 is 1.00 bits per heavy atom. The second-order valence-electron chi connectivity index (χ2n) is 6.07. The number of ether oxygens (including phenoxy) is 1. The summed E-state index contributed by atoms with van der Waals surface area (Å²) in [4.78, 5) is 13.1. The van der Waals surface area contributed by atoms with Crippen molar-refractivity contribution in [1.82, 2.24) is 0 Å². The van der Waals surface area contributed by atoms with Crippen LogP contribution in [0.1, 0.15) is 13.8 Å². The molecule has 0 aliphatic rings. The van der Waals surface area contributed by atoms with Crippen molar-refractivity contribution in [1.29, 1.82) is 0 Å². The number of halogens is 1. The summed E-state index contributed by atoms with van der Waals surface area (Å²) in [5, 5.41) is 2.10. The van der Waals surface area contributed by atoms with Gasteiger partial charge in [-0.3, -0.25) is 0 Å². The number of hydrogen-bond donors (Lipinski definition) is 0. The van der Waals surface area contributed by atoms with E-state index in [9.17, 15) is 4.79 Å². The third-order valence-corrected chi connectivity index (χ3v) is 12.3. The molecule has 4 heteroatoms. The summed E-state index contributed by atoms with van der Waals surface area (Å²) >= 11 is 2.37. The Labute approximate surface area is 145 Å². The van der Waals surface area contributed by atoms with Crippen molar-refractivity contribution in [2.75, 3.05) is 13.3 Å². The van der Waals surface area contributed by atoms with Crippen molar-refractivity contribution in [3.63, 3.8) is 0 Å². The third-order valence-electron chi connectivity index (χ3n) is 3.71. The van der Waals surface area contributed by atoms with Crippen LogP contribution in [-0.2, 0) is 4.74 Å². The van der Waals surface area contributed by atoms with Gasteiger partial charge in [0.25, 0.3) is 0 Å². The Bertz CT molecular complexity index is 595. The Morgan fingerprint density at radius 3 is 1.77 bits per heavy atom. The molecule has 118 valence electrons. The molecule has 0 N–H and O–H groups in total. The molecule has 0 bridgehead atoms. The fraction of sp³-hybridized carbons (Fsp3) is 0.278. The van der Waals surface area contributed by atoms with Gasteiger partial charge in [0.1, 0.15) is 0 Å². The van der Waals surface area contributed by atoms with E-state index in [1.54, 1.807) is 0 Å². The second-order valence-corrected chi connectivity index (χ2v) is 17.6. The number of hydrogen-bond acceptors (Lipinski definition) is 2.